The molecule has 0 aromatic heterocycles. The SMILES string of the molecule is O=C1Nc2ccccc2N(C(=O)Cc2ccc(OCCCCCCl)cc2)c2ccccc21. The number of alkyl halides is 1. The lowest BCUT2D eigenvalue weighted by Gasteiger charge is -2.24. The number of rotatable bonds is 8. The van der Waals surface area contributed by atoms with Crippen LogP contribution in [0.1, 0.15) is 35.2 Å². The molecule has 164 valence electrons. The van der Waals surface area contributed by atoms with Crippen molar-refractivity contribution in [1.82, 2.24) is 0 Å². The van der Waals surface area contributed by atoms with Crippen LogP contribution >= 0.6 is 11.6 Å². The summed E-state index contributed by atoms with van der Waals surface area (Å²) >= 11 is 5.69. The van der Waals surface area contributed by atoms with E-state index in [0.717, 1.165) is 30.6 Å². The second kappa shape index (κ2) is 10.3. The van der Waals surface area contributed by atoms with Crippen LogP contribution in [0.3, 0.4) is 0 Å². The van der Waals surface area contributed by atoms with E-state index in [1.807, 2.05) is 48.5 Å². The van der Waals surface area contributed by atoms with Crippen LogP contribution in [-0.4, -0.2) is 24.3 Å². The van der Waals surface area contributed by atoms with Gasteiger partial charge in [0.1, 0.15) is 5.75 Å². The van der Waals surface area contributed by atoms with Gasteiger partial charge in [0.25, 0.3) is 5.91 Å². The van der Waals surface area contributed by atoms with E-state index in [2.05, 4.69) is 5.32 Å². The standard InChI is InChI=1S/C26H25ClN2O3/c27-16-6-1-7-17-32-20-14-12-19(13-15-20)18-25(30)29-23-10-4-2-8-21(23)26(31)28-22-9-3-5-11-24(22)29/h2-5,8-15H,1,6-7,16-18H2,(H,28,31). The summed E-state index contributed by atoms with van der Waals surface area (Å²) in [4.78, 5) is 27.8. The summed E-state index contributed by atoms with van der Waals surface area (Å²) in [7, 11) is 0. The molecular formula is C26H25ClN2O3. The van der Waals surface area contributed by atoms with Gasteiger partial charge in [-0.2, -0.15) is 0 Å². The molecule has 0 saturated carbocycles. The van der Waals surface area contributed by atoms with Crippen molar-refractivity contribution in [2.75, 3.05) is 22.7 Å². The Kier molecular flexibility index (Phi) is 7.07. The fourth-order valence-corrected chi connectivity index (χ4v) is 3.93. The summed E-state index contributed by atoms with van der Waals surface area (Å²) in [5, 5.41) is 2.91. The number of benzene rings is 3. The summed E-state index contributed by atoms with van der Waals surface area (Å²) in [6.07, 6.45) is 3.21. The molecule has 0 aliphatic carbocycles. The van der Waals surface area contributed by atoms with Crippen LogP contribution in [-0.2, 0) is 11.2 Å². The number of hydrogen-bond acceptors (Lipinski definition) is 3. The quantitative estimate of drug-likeness (QED) is 0.342. The molecule has 1 aliphatic rings. The van der Waals surface area contributed by atoms with Crippen molar-refractivity contribution in [1.29, 1.82) is 0 Å². The van der Waals surface area contributed by atoms with Crippen LogP contribution in [0, 0.1) is 0 Å². The molecule has 0 fully saturated rings. The van der Waals surface area contributed by atoms with Crippen LogP contribution in [0.2, 0.25) is 0 Å². The number of anilines is 3. The molecule has 0 unspecified atom stereocenters. The Bertz CT molecular complexity index is 1100. The van der Waals surface area contributed by atoms with Gasteiger partial charge in [0.05, 0.1) is 35.7 Å². The van der Waals surface area contributed by atoms with Gasteiger partial charge in [-0.15, -0.1) is 11.6 Å². The van der Waals surface area contributed by atoms with Gasteiger partial charge in [0, 0.05) is 5.88 Å². The van der Waals surface area contributed by atoms with Gasteiger partial charge < -0.3 is 10.1 Å². The molecule has 2 amide bonds. The molecule has 1 aliphatic heterocycles. The fraction of sp³-hybridized carbons (Fsp3) is 0.231. The zero-order chi connectivity index (χ0) is 22.3. The minimum absolute atomic E-state index is 0.115. The molecule has 0 atom stereocenters. The molecule has 1 N–H and O–H groups in total. The van der Waals surface area contributed by atoms with E-state index in [-0.39, 0.29) is 18.2 Å². The molecular weight excluding hydrogens is 424 g/mol. The lowest BCUT2D eigenvalue weighted by Crippen LogP contribution is -2.28. The van der Waals surface area contributed by atoms with E-state index >= 15 is 0 Å². The Hall–Kier alpha value is -3.31. The summed E-state index contributed by atoms with van der Waals surface area (Å²) < 4.78 is 5.77. The van der Waals surface area contributed by atoms with Crippen LogP contribution < -0.4 is 15.0 Å². The number of ether oxygens (including phenoxy) is 1. The number of amides is 2. The number of nitrogens with zero attached hydrogens (tertiary/aromatic N) is 1. The van der Waals surface area contributed by atoms with E-state index in [0.29, 0.717) is 35.1 Å². The first-order chi connectivity index (χ1) is 15.7. The number of halogens is 1. The van der Waals surface area contributed by atoms with E-state index < -0.39 is 0 Å². The first-order valence-corrected chi connectivity index (χ1v) is 11.3. The van der Waals surface area contributed by atoms with Gasteiger partial charge in [-0.1, -0.05) is 36.4 Å². The van der Waals surface area contributed by atoms with Gasteiger partial charge >= 0.3 is 0 Å². The monoisotopic (exact) mass is 448 g/mol. The molecule has 1 heterocycles. The second-order valence-electron chi connectivity index (χ2n) is 7.64. The Balaban J connectivity index is 1.52. The highest BCUT2D eigenvalue weighted by Gasteiger charge is 2.28. The highest BCUT2D eigenvalue weighted by atomic mass is 35.5. The first-order valence-electron chi connectivity index (χ1n) is 10.8. The van der Waals surface area contributed by atoms with Crippen LogP contribution in [0.15, 0.2) is 72.8 Å². The van der Waals surface area contributed by atoms with Gasteiger partial charge in [0.15, 0.2) is 0 Å². The maximum Gasteiger partial charge on any atom is 0.257 e. The minimum atomic E-state index is -0.226. The molecule has 6 heteroatoms. The zero-order valence-electron chi connectivity index (χ0n) is 17.7. The van der Waals surface area contributed by atoms with Crippen molar-refractivity contribution in [2.24, 2.45) is 0 Å². The summed E-state index contributed by atoms with van der Waals surface area (Å²) in [5.41, 5.74) is 3.20. The van der Waals surface area contributed by atoms with Crippen molar-refractivity contribution >= 4 is 40.5 Å². The van der Waals surface area contributed by atoms with Crippen LogP contribution in [0.25, 0.3) is 0 Å². The number of nitrogens with one attached hydrogen (secondary N) is 1. The lowest BCUT2D eigenvalue weighted by molar-refractivity contribution is -0.117. The molecule has 0 radical (unpaired) electrons. The predicted octanol–water partition coefficient (Wildman–Crippen LogP) is 5.95. The predicted molar refractivity (Wildman–Crippen MR) is 128 cm³/mol. The summed E-state index contributed by atoms with van der Waals surface area (Å²) in [5.74, 6) is 1.12. The minimum Gasteiger partial charge on any atom is -0.494 e. The molecule has 4 rings (SSSR count). The highest BCUT2D eigenvalue weighted by molar-refractivity contribution is 6.18. The summed E-state index contributed by atoms with van der Waals surface area (Å²) in [6, 6.07) is 22.1. The maximum atomic E-state index is 13.5. The van der Waals surface area contributed by atoms with E-state index in [1.54, 1.807) is 29.2 Å². The third-order valence-corrected chi connectivity index (χ3v) is 5.62. The van der Waals surface area contributed by atoms with Gasteiger partial charge in [-0.25, -0.2) is 0 Å². The van der Waals surface area contributed by atoms with E-state index in [4.69, 9.17) is 16.3 Å². The Labute approximate surface area is 193 Å². The first kappa shape index (κ1) is 21.9. The fourth-order valence-electron chi connectivity index (χ4n) is 3.74. The molecule has 0 spiro atoms. The molecule has 0 bridgehead atoms. The van der Waals surface area contributed by atoms with Gasteiger partial charge in [0.2, 0.25) is 5.91 Å². The number of carbonyl (C=O) groups is 2. The van der Waals surface area contributed by atoms with Crippen molar-refractivity contribution in [3.05, 3.63) is 83.9 Å². The van der Waals surface area contributed by atoms with Gasteiger partial charge in [-0.05, 0) is 61.2 Å². The largest absolute Gasteiger partial charge is 0.494 e. The van der Waals surface area contributed by atoms with E-state index in [9.17, 15) is 9.59 Å². The summed E-state index contributed by atoms with van der Waals surface area (Å²) in [6.45, 7) is 0.650. The van der Waals surface area contributed by atoms with Crippen LogP contribution in [0.5, 0.6) is 5.75 Å². The third kappa shape index (κ3) is 4.94. The second-order valence-corrected chi connectivity index (χ2v) is 8.01. The van der Waals surface area contributed by atoms with Gasteiger partial charge in [-0.3, -0.25) is 14.5 Å². The Morgan fingerprint density at radius 3 is 2.38 bits per heavy atom. The molecule has 32 heavy (non-hydrogen) atoms. The van der Waals surface area contributed by atoms with Crippen molar-refractivity contribution < 1.29 is 14.3 Å². The number of para-hydroxylation sites is 3. The highest BCUT2D eigenvalue weighted by Crippen LogP contribution is 2.38. The molecule has 0 saturated heterocycles. The van der Waals surface area contributed by atoms with Crippen LogP contribution in [0.4, 0.5) is 17.1 Å². The Morgan fingerprint density at radius 1 is 0.875 bits per heavy atom. The third-order valence-electron chi connectivity index (χ3n) is 5.36. The molecule has 3 aromatic carbocycles. The zero-order valence-corrected chi connectivity index (χ0v) is 18.5. The van der Waals surface area contributed by atoms with Crippen molar-refractivity contribution in [3.8, 4) is 5.75 Å². The average Bonchev–Trinajstić information content (AvgIpc) is 2.94. The number of fused-ring (bicyclic) bond motifs is 2. The lowest BCUT2D eigenvalue weighted by atomic mass is 10.1. The van der Waals surface area contributed by atoms with E-state index in [1.165, 1.54) is 0 Å². The maximum absolute atomic E-state index is 13.5. The Morgan fingerprint density at radius 2 is 1.59 bits per heavy atom. The number of carbonyl (C=O) groups excluding carboxylic acids is 2. The molecule has 5 nitrogen and oxygen atoms in total. The molecule has 3 aromatic rings. The number of unbranched alkanes of at least 4 members (excludes halogenated alkanes) is 2. The average molecular weight is 449 g/mol. The topological polar surface area (TPSA) is 58.6 Å². The smallest absolute Gasteiger partial charge is 0.257 e. The number of hydrogen-bond donors (Lipinski definition) is 1. The normalized spacial score (nSPS) is 12.4. The van der Waals surface area contributed by atoms with Crippen molar-refractivity contribution in [3.63, 3.8) is 0 Å². The van der Waals surface area contributed by atoms with Crippen molar-refractivity contribution in [2.45, 2.75) is 25.7 Å².